The zero-order valence-corrected chi connectivity index (χ0v) is 12.9. The van der Waals surface area contributed by atoms with Crippen LogP contribution in [0.5, 0.6) is 5.75 Å². The molecule has 1 heteroatoms. The molecule has 0 aliphatic carbocycles. The molecule has 0 aliphatic heterocycles. The summed E-state index contributed by atoms with van der Waals surface area (Å²) in [5.41, 5.74) is 1.35. The maximum absolute atomic E-state index is 5.96. The monoisotopic (exact) mass is 260 g/mol. The first-order chi connectivity index (χ1) is 9.19. The highest BCUT2D eigenvalue weighted by Crippen LogP contribution is 2.31. The minimum absolute atomic E-state index is 0.561. The molecule has 1 aromatic rings. The smallest absolute Gasteiger partial charge is 0.122 e. The van der Waals surface area contributed by atoms with E-state index in [9.17, 15) is 0 Å². The van der Waals surface area contributed by atoms with Crippen LogP contribution in [0.2, 0.25) is 0 Å². The molecule has 0 amide bonds. The van der Waals surface area contributed by atoms with Crippen LogP contribution >= 0.6 is 0 Å². The Labute approximate surface area is 118 Å². The molecule has 0 bridgehead atoms. The van der Waals surface area contributed by atoms with Gasteiger partial charge in [0.25, 0.3) is 0 Å². The van der Waals surface area contributed by atoms with E-state index in [0.29, 0.717) is 11.8 Å². The third-order valence-electron chi connectivity index (χ3n) is 3.25. The predicted molar refractivity (Wildman–Crippen MR) is 83.9 cm³/mol. The standard InChI is InChI=1S/C18H28O/c1-5-7-8-11-16(6-2)17-12-9-10-13-18(17)19-14-15(3)4/h7-10,12-13,15-16H,5-6,11,14H2,1-4H3/b8-7-. The molecule has 0 saturated carbocycles. The first-order valence-electron chi connectivity index (χ1n) is 7.55. The van der Waals surface area contributed by atoms with Gasteiger partial charge in [-0.2, -0.15) is 0 Å². The van der Waals surface area contributed by atoms with Crippen molar-refractivity contribution in [2.45, 2.75) is 52.9 Å². The maximum atomic E-state index is 5.96. The van der Waals surface area contributed by atoms with Gasteiger partial charge in [-0.05, 0) is 42.7 Å². The average Bonchev–Trinajstić information content (AvgIpc) is 2.42. The molecular weight excluding hydrogens is 232 g/mol. The van der Waals surface area contributed by atoms with Crippen LogP contribution in [0.15, 0.2) is 36.4 Å². The molecule has 1 unspecified atom stereocenters. The Kier molecular flexibility index (Phi) is 7.32. The van der Waals surface area contributed by atoms with Crippen molar-refractivity contribution in [1.29, 1.82) is 0 Å². The highest BCUT2D eigenvalue weighted by Gasteiger charge is 2.13. The summed E-state index contributed by atoms with van der Waals surface area (Å²) in [5, 5.41) is 0. The molecule has 1 atom stereocenters. The van der Waals surface area contributed by atoms with Gasteiger partial charge in [0.15, 0.2) is 0 Å². The summed E-state index contributed by atoms with van der Waals surface area (Å²) in [6.07, 6.45) is 7.91. The van der Waals surface area contributed by atoms with Gasteiger partial charge in [0.2, 0.25) is 0 Å². The quantitative estimate of drug-likeness (QED) is 0.555. The van der Waals surface area contributed by atoms with Gasteiger partial charge < -0.3 is 4.74 Å². The van der Waals surface area contributed by atoms with Crippen LogP contribution in [0.3, 0.4) is 0 Å². The SMILES string of the molecule is CC/C=C\CC(CC)c1ccccc1OCC(C)C. The third kappa shape index (κ3) is 5.50. The van der Waals surface area contributed by atoms with Crippen LogP contribution in [0.4, 0.5) is 0 Å². The van der Waals surface area contributed by atoms with E-state index in [-0.39, 0.29) is 0 Å². The van der Waals surface area contributed by atoms with Crippen molar-refractivity contribution in [3.63, 3.8) is 0 Å². The molecule has 0 radical (unpaired) electrons. The zero-order chi connectivity index (χ0) is 14.1. The van der Waals surface area contributed by atoms with Gasteiger partial charge in [-0.1, -0.05) is 58.0 Å². The first kappa shape index (κ1) is 15.8. The molecule has 0 aromatic heterocycles. The molecule has 0 N–H and O–H groups in total. The molecule has 106 valence electrons. The number of rotatable bonds is 8. The second kappa shape index (κ2) is 8.79. The lowest BCUT2D eigenvalue weighted by molar-refractivity contribution is 0.267. The van der Waals surface area contributed by atoms with Gasteiger partial charge >= 0.3 is 0 Å². The second-order valence-electron chi connectivity index (χ2n) is 5.46. The van der Waals surface area contributed by atoms with Gasteiger partial charge in [0.1, 0.15) is 5.75 Å². The van der Waals surface area contributed by atoms with Crippen molar-refractivity contribution in [2.75, 3.05) is 6.61 Å². The Bertz CT molecular complexity index is 379. The fourth-order valence-electron chi connectivity index (χ4n) is 2.15. The Morgan fingerprint density at radius 3 is 2.47 bits per heavy atom. The number of hydrogen-bond donors (Lipinski definition) is 0. The molecule has 0 spiro atoms. The first-order valence-corrected chi connectivity index (χ1v) is 7.55. The molecule has 1 rings (SSSR count). The minimum Gasteiger partial charge on any atom is -0.493 e. The molecule has 1 nitrogen and oxygen atoms in total. The number of ether oxygens (including phenoxy) is 1. The van der Waals surface area contributed by atoms with Crippen molar-refractivity contribution < 1.29 is 4.74 Å². The van der Waals surface area contributed by atoms with E-state index < -0.39 is 0 Å². The van der Waals surface area contributed by atoms with Gasteiger partial charge in [-0.25, -0.2) is 0 Å². The Balaban J connectivity index is 2.80. The van der Waals surface area contributed by atoms with E-state index >= 15 is 0 Å². The lowest BCUT2D eigenvalue weighted by Gasteiger charge is -2.19. The van der Waals surface area contributed by atoms with Gasteiger partial charge in [0, 0.05) is 0 Å². The summed E-state index contributed by atoms with van der Waals surface area (Å²) in [5.74, 6) is 2.19. The van der Waals surface area contributed by atoms with E-state index in [1.54, 1.807) is 0 Å². The van der Waals surface area contributed by atoms with Gasteiger partial charge in [0.05, 0.1) is 6.61 Å². The van der Waals surface area contributed by atoms with Crippen LogP contribution in [0, 0.1) is 5.92 Å². The predicted octanol–water partition coefficient (Wildman–Crippen LogP) is 5.57. The molecule has 0 heterocycles. The van der Waals surface area contributed by atoms with E-state index in [0.717, 1.165) is 31.6 Å². The number of benzene rings is 1. The van der Waals surface area contributed by atoms with Crippen molar-refractivity contribution in [3.8, 4) is 5.75 Å². The summed E-state index contributed by atoms with van der Waals surface area (Å²) in [4.78, 5) is 0. The van der Waals surface area contributed by atoms with Crippen LogP contribution < -0.4 is 4.74 Å². The van der Waals surface area contributed by atoms with E-state index in [1.807, 2.05) is 0 Å². The normalized spacial score (nSPS) is 13.1. The van der Waals surface area contributed by atoms with E-state index in [1.165, 1.54) is 5.56 Å². The lowest BCUT2D eigenvalue weighted by atomic mass is 9.92. The summed E-state index contributed by atoms with van der Waals surface area (Å²) in [7, 11) is 0. The minimum atomic E-state index is 0.561. The molecule has 19 heavy (non-hydrogen) atoms. The van der Waals surface area contributed by atoms with E-state index in [2.05, 4.69) is 64.1 Å². The van der Waals surface area contributed by atoms with Gasteiger partial charge in [-0.3, -0.25) is 0 Å². The molecule has 0 aliphatic rings. The second-order valence-corrected chi connectivity index (χ2v) is 5.46. The van der Waals surface area contributed by atoms with Crippen LogP contribution in [-0.4, -0.2) is 6.61 Å². The summed E-state index contributed by atoms with van der Waals surface area (Å²) >= 11 is 0. The lowest BCUT2D eigenvalue weighted by Crippen LogP contribution is -2.07. The summed E-state index contributed by atoms with van der Waals surface area (Å²) in [6.45, 7) is 9.59. The highest BCUT2D eigenvalue weighted by molar-refractivity contribution is 5.36. The third-order valence-corrected chi connectivity index (χ3v) is 3.25. The van der Waals surface area contributed by atoms with Crippen molar-refractivity contribution >= 4 is 0 Å². The van der Waals surface area contributed by atoms with E-state index in [4.69, 9.17) is 4.74 Å². The van der Waals surface area contributed by atoms with Crippen molar-refractivity contribution in [1.82, 2.24) is 0 Å². The van der Waals surface area contributed by atoms with Crippen LogP contribution in [0.25, 0.3) is 0 Å². The molecule has 0 fully saturated rings. The molecule has 1 aromatic carbocycles. The van der Waals surface area contributed by atoms with Gasteiger partial charge in [-0.15, -0.1) is 0 Å². The summed E-state index contributed by atoms with van der Waals surface area (Å²) in [6, 6.07) is 8.49. The molecule has 0 saturated heterocycles. The fraction of sp³-hybridized carbons (Fsp3) is 0.556. The largest absolute Gasteiger partial charge is 0.493 e. The van der Waals surface area contributed by atoms with Crippen LogP contribution in [0.1, 0.15) is 58.4 Å². The fourth-order valence-corrected chi connectivity index (χ4v) is 2.15. The zero-order valence-electron chi connectivity index (χ0n) is 12.9. The number of para-hydroxylation sites is 1. The average molecular weight is 260 g/mol. The maximum Gasteiger partial charge on any atom is 0.122 e. The highest BCUT2D eigenvalue weighted by atomic mass is 16.5. The number of hydrogen-bond acceptors (Lipinski definition) is 1. The Hall–Kier alpha value is -1.24. The van der Waals surface area contributed by atoms with Crippen LogP contribution in [-0.2, 0) is 0 Å². The Morgan fingerprint density at radius 2 is 1.84 bits per heavy atom. The summed E-state index contributed by atoms with van der Waals surface area (Å²) < 4.78 is 5.96. The Morgan fingerprint density at radius 1 is 1.11 bits per heavy atom. The number of allylic oxidation sites excluding steroid dienone is 2. The molecular formula is C18H28O. The topological polar surface area (TPSA) is 9.23 Å². The van der Waals surface area contributed by atoms with Crippen molar-refractivity contribution in [3.05, 3.63) is 42.0 Å². The van der Waals surface area contributed by atoms with Crippen molar-refractivity contribution in [2.24, 2.45) is 5.92 Å².